The van der Waals surface area contributed by atoms with Gasteiger partial charge in [0.1, 0.15) is 0 Å². The van der Waals surface area contributed by atoms with Crippen LogP contribution in [0.25, 0.3) is 11.4 Å². The Morgan fingerprint density at radius 3 is 1.33 bits per heavy atom. The molecule has 0 bridgehead atoms. The summed E-state index contributed by atoms with van der Waals surface area (Å²) in [5, 5.41) is 0. The average molecular weight is 422 g/mol. The van der Waals surface area contributed by atoms with E-state index in [1.807, 2.05) is 36.4 Å². The second kappa shape index (κ2) is 9.17. The number of rotatable bonds is 1. The van der Waals surface area contributed by atoms with E-state index in [2.05, 4.69) is 9.97 Å². The van der Waals surface area contributed by atoms with Gasteiger partial charge >= 0.3 is 20.4 Å². The van der Waals surface area contributed by atoms with Gasteiger partial charge in [-0.15, -0.1) is 0 Å². The first kappa shape index (κ1) is 17.3. The first-order valence-electron chi connectivity index (χ1n) is 3.79. The van der Waals surface area contributed by atoms with Crippen molar-refractivity contribution in [2.45, 2.75) is 0 Å². The summed E-state index contributed by atoms with van der Waals surface area (Å²) in [6.45, 7) is 0. The normalized spacial score (nSPS) is 7.73. The molecule has 0 fully saturated rings. The van der Waals surface area contributed by atoms with Gasteiger partial charge in [-0.3, -0.25) is 9.97 Å². The Bertz CT molecular complexity index is 319. The number of nitrogens with zero attached hydrogens (tertiary/aromatic N) is 2. The van der Waals surface area contributed by atoms with Gasteiger partial charge in [-0.1, -0.05) is 12.1 Å². The summed E-state index contributed by atoms with van der Waals surface area (Å²) in [5.74, 6) is 0. The van der Waals surface area contributed by atoms with E-state index in [9.17, 15) is 0 Å². The molecule has 0 aliphatic carbocycles. The minimum absolute atomic E-state index is 0. The van der Waals surface area contributed by atoms with E-state index in [0.29, 0.717) is 0 Å². The van der Waals surface area contributed by atoms with Gasteiger partial charge in [0, 0.05) is 12.4 Å². The molecule has 0 unspecified atom stereocenters. The summed E-state index contributed by atoms with van der Waals surface area (Å²) in [6, 6.07) is 11.6. The first-order chi connectivity index (χ1) is 5.97. The molecule has 2 heterocycles. The van der Waals surface area contributed by atoms with Crippen LogP contribution in [0, 0.1) is 0 Å². The topological polar surface area (TPSA) is 25.8 Å². The zero-order chi connectivity index (χ0) is 8.23. The van der Waals surface area contributed by atoms with Crippen LogP contribution in [0.5, 0.6) is 0 Å². The fourth-order valence-electron chi connectivity index (χ4n) is 1.03. The molecule has 0 aromatic carbocycles. The van der Waals surface area contributed by atoms with Gasteiger partial charge in [0.15, 0.2) is 0 Å². The van der Waals surface area contributed by atoms with E-state index in [1.54, 1.807) is 12.4 Å². The van der Waals surface area contributed by atoms with E-state index in [4.69, 9.17) is 0 Å². The largest absolute Gasteiger partial charge is 2.00 e. The monoisotopic (exact) mass is 420 g/mol. The minimum Gasteiger partial charge on any atom is -1.00 e. The third kappa shape index (κ3) is 4.99. The summed E-state index contributed by atoms with van der Waals surface area (Å²) in [7, 11) is 0. The van der Waals surface area contributed by atoms with Crippen LogP contribution in [-0.4, -0.2) is 9.97 Å². The summed E-state index contributed by atoms with van der Waals surface area (Å²) in [6.07, 6.45) is 3.54. The summed E-state index contributed by atoms with van der Waals surface area (Å²) < 4.78 is 0. The molecule has 0 radical (unpaired) electrons. The van der Waals surface area contributed by atoms with Crippen LogP contribution in [0.2, 0.25) is 0 Å². The van der Waals surface area contributed by atoms with Gasteiger partial charge in [-0.2, -0.15) is 0 Å². The molecule has 0 aliphatic heterocycles. The molecular formula is C10H8Br2N2Pd. The maximum Gasteiger partial charge on any atom is 2.00 e. The minimum atomic E-state index is 0. The Labute approximate surface area is 124 Å². The quantitative estimate of drug-likeness (QED) is 0.440. The number of pyridine rings is 2. The second-order valence-corrected chi connectivity index (χ2v) is 2.43. The molecule has 0 saturated heterocycles. The zero-order valence-corrected chi connectivity index (χ0v) is 12.3. The Kier molecular flexibility index (Phi) is 10.6. The van der Waals surface area contributed by atoms with Crippen LogP contribution in [0.1, 0.15) is 0 Å². The van der Waals surface area contributed by atoms with Crippen LogP contribution < -0.4 is 34.0 Å². The predicted molar refractivity (Wildman–Crippen MR) is 47.5 cm³/mol. The van der Waals surface area contributed by atoms with Crippen LogP contribution in [0.15, 0.2) is 48.8 Å². The van der Waals surface area contributed by atoms with Gasteiger partial charge in [0.05, 0.1) is 11.4 Å². The molecular weight excluding hydrogens is 414 g/mol. The molecule has 0 atom stereocenters. The van der Waals surface area contributed by atoms with E-state index in [-0.39, 0.29) is 54.4 Å². The van der Waals surface area contributed by atoms with Gasteiger partial charge in [-0.05, 0) is 24.3 Å². The molecule has 15 heavy (non-hydrogen) atoms. The van der Waals surface area contributed by atoms with E-state index in [0.717, 1.165) is 11.4 Å². The fourth-order valence-corrected chi connectivity index (χ4v) is 1.03. The smallest absolute Gasteiger partial charge is 1.00 e. The Hall–Kier alpha value is -0.0777. The van der Waals surface area contributed by atoms with Crippen molar-refractivity contribution in [3.8, 4) is 11.4 Å². The van der Waals surface area contributed by atoms with Crippen LogP contribution in [0.4, 0.5) is 0 Å². The standard InChI is InChI=1S/C10H8N2.2BrH.Pd/c1-3-7-11-9(5-1)10-6-2-4-8-12-10;;;/h1-8H;2*1H;/q;;;+2/p-2. The van der Waals surface area contributed by atoms with Gasteiger partial charge in [0.25, 0.3) is 0 Å². The van der Waals surface area contributed by atoms with Crippen molar-refractivity contribution in [1.29, 1.82) is 0 Å². The molecule has 0 amide bonds. The summed E-state index contributed by atoms with van der Waals surface area (Å²) >= 11 is 0. The molecule has 0 saturated carbocycles. The van der Waals surface area contributed by atoms with E-state index >= 15 is 0 Å². The fraction of sp³-hybridized carbons (Fsp3) is 0. The number of aromatic nitrogens is 2. The number of hydrogen-bond acceptors (Lipinski definition) is 2. The van der Waals surface area contributed by atoms with Crippen molar-refractivity contribution in [3.63, 3.8) is 0 Å². The first-order valence-corrected chi connectivity index (χ1v) is 3.79. The molecule has 0 N–H and O–H groups in total. The van der Waals surface area contributed by atoms with Crippen LogP contribution in [0.3, 0.4) is 0 Å². The molecule has 2 rings (SSSR count). The van der Waals surface area contributed by atoms with E-state index < -0.39 is 0 Å². The molecule has 5 heteroatoms. The van der Waals surface area contributed by atoms with Gasteiger partial charge in [0.2, 0.25) is 0 Å². The van der Waals surface area contributed by atoms with Gasteiger partial charge < -0.3 is 34.0 Å². The maximum absolute atomic E-state index is 4.19. The Morgan fingerprint density at radius 2 is 1.07 bits per heavy atom. The van der Waals surface area contributed by atoms with Crippen molar-refractivity contribution >= 4 is 0 Å². The Morgan fingerprint density at radius 1 is 0.667 bits per heavy atom. The number of halogens is 2. The van der Waals surface area contributed by atoms with Crippen molar-refractivity contribution < 1.29 is 54.4 Å². The third-order valence-electron chi connectivity index (χ3n) is 1.59. The SMILES string of the molecule is [Br-].[Br-].[Pd+2].c1ccc(-c2ccccn2)nc1. The zero-order valence-electron chi connectivity index (χ0n) is 7.59. The predicted octanol–water partition coefficient (Wildman–Crippen LogP) is -3.85. The molecule has 2 nitrogen and oxygen atoms in total. The van der Waals surface area contributed by atoms with Gasteiger partial charge in [-0.25, -0.2) is 0 Å². The Balaban J connectivity index is 0. The second-order valence-electron chi connectivity index (χ2n) is 2.43. The molecule has 2 aromatic heterocycles. The third-order valence-corrected chi connectivity index (χ3v) is 1.59. The number of hydrogen-bond donors (Lipinski definition) is 0. The van der Waals surface area contributed by atoms with Crippen LogP contribution in [-0.2, 0) is 20.4 Å². The van der Waals surface area contributed by atoms with Crippen molar-refractivity contribution in [2.24, 2.45) is 0 Å². The summed E-state index contributed by atoms with van der Waals surface area (Å²) in [5.41, 5.74) is 1.83. The average Bonchev–Trinajstić information content (AvgIpc) is 2.21. The molecule has 2 aromatic rings. The van der Waals surface area contributed by atoms with Crippen molar-refractivity contribution in [3.05, 3.63) is 48.8 Å². The van der Waals surface area contributed by atoms with Crippen LogP contribution >= 0.6 is 0 Å². The molecule has 82 valence electrons. The van der Waals surface area contributed by atoms with Crippen molar-refractivity contribution in [2.75, 3.05) is 0 Å². The van der Waals surface area contributed by atoms with Crippen molar-refractivity contribution in [1.82, 2.24) is 9.97 Å². The molecule has 0 aliphatic rings. The molecule has 0 spiro atoms. The maximum atomic E-state index is 4.19. The summed E-state index contributed by atoms with van der Waals surface area (Å²) in [4.78, 5) is 8.37. The van der Waals surface area contributed by atoms with E-state index in [1.165, 1.54) is 0 Å².